The van der Waals surface area contributed by atoms with Crippen molar-refractivity contribution in [3.63, 3.8) is 0 Å². The summed E-state index contributed by atoms with van der Waals surface area (Å²) < 4.78 is 0. The Labute approximate surface area is 79.6 Å². The number of nitrogens with one attached hydrogen (secondary N) is 1. The molecule has 2 N–H and O–H groups in total. The molecule has 5 heteroatoms. The van der Waals surface area contributed by atoms with Crippen LogP contribution in [0.3, 0.4) is 0 Å². The van der Waals surface area contributed by atoms with Crippen LogP contribution in [0.4, 0.5) is 0 Å². The van der Waals surface area contributed by atoms with Gasteiger partial charge < -0.3 is 5.11 Å². The van der Waals surface area contributed by atoms with Crippen LogP contribution in [0, 0.1) is 5.41 Å². The molecule has 0 fully saturated rings. The third kappa shape index (κ3) is 4.20. The zero-order valence-corrected chi connectivity index (χ0v) is 7.84. The first-order chi connectivity index (χ1) is 5.45. The second kappa shape index (κ2) is 5.00. The highest BCUT2D eigenvalue weighted by Crippen LogP contribution is 2.17. The quantitative estimate of drug-likeness (QED) is 0.420. The fourth-order valence-corrected chi connectivity index (χ4v) is 1.06. The molecule has 12 heavy (non-hydrogen) atoms. The van der Waals surface area contributed by atoms with Crippen LogP contribution in [0.15, 0.2) is 23.8 Å². The van der Waals surface area contributed by atoms with Crippen LogP contribution >= 0.6 is 23.4 Å². The molecule has 0 aromatic rings. The average Bonchev–Trinajstić information content (AvgIpc) is 1.98. The van der Waals surface area contributed by atoms with Crippen LogP contribution in [0.1, 0.15) is 0 Å². The van der Waals surface area contributed by atoms with Crippen molar-refractivity contribution < 1.29 is 9.90 Å². The van der Waals surface area contributed by atoms with Crippen LogP contribution in [0.25, 0.3) is 0 Å². The van der Waals surface area contributed by atoms with E-state index in [1.165, 1.54) is 0 Å². The van der Waals surface area contributed by atoms with Crippen molar-refractivity contribution in [2.75, 3.05) is 5.75 Å². The Morgan fingerprint density at radius 2 is 2.08 bits per heavy atom. The summed E-state index contributed by atoms with van der Waals surface area (Å²) >= 11 is 6.30. The van der Waals surface area contributed by atoms with Gasteiger partial charge in [-0.25, -0.2) is 0 Å². The molecule has 0 radical (unpaired) electrons. The van der Waals surface area contributed by atoms with Crippen molar-refractivity contribution in [1.29, 1.82) is 5.41 Å². The smallest absolute Gasteiger partial charge is 0.313 e. The lowest BCUT2D eigenvalue weighted by atomic mass is 10.3. The maximum Gasteiger partial charge on any atom is 0.313 e. The van der Waals surface area contributed by atoms with E-state index in [2.05, 4.69) is 13.2 Å². The minimum atomic E-state index is -0.974. The monoisotopic (exact) mass is 205 g/mol. The van der Waals surface area contributed by atoms with Crippen molar-refractivity contribution in [1.82, 2.24) is 0 Å². The maximum atomic E-state index is 10.1. The Bertz CT molecular complexity index is 250. The molecule has 0 amide bonds. The molecule has 0 saturated carbocycles. The summed E-state index contributed by atoms with van der Waals surface area (Å²) in [6, 6.07) is 0. The zero-order chi connectivity index (χ0) is 9.72. The number of aliphatic carboxylic acids is 1. The van der Waals surface area contributed by atoms with Crippen LogP contribution in [0.5, 0.6) is 0 Å². The van der Waals surface area contributed by atoms with Gasteiger partial charge in [0.25, 0.3) is 0 Å². The minimum absolute atomic E-state index is 0.0393. The summed E-state index contributed by atoms with van der Waals surface area (Å²) in [6.07, 6.45) is 0. The lowest BCUT2D eigenvalue weighted by Crippen LogP contribution is -2.03. The lowest BCUT2D eigenvalue weighted by Gasteiger charge is -2.02. The van der Waals surface area contributed by atoms with Gasteiger partial charge >= 0.3 is 5.97 Å². The Hall–Kier alpha value is -0.740. The second-order valence-corrected chi connectivity index (χ2v) is 3.34. The van der Waals surface area contributed by atoms with E-state index in [4.69, 9.17) is 22.1 Å². The lowest BCUT2D eigenvalue weighted by molar-refractivity contribution is -0.133. The molecule has 0 heterocycles. The van der Waals surface area contributed by atoms with Crippen LogP contribution < -0.4 is 0 Å². The van der Waals surface area contributed by atoms with E-state index >= 15 is 0 Å². The minimum Gasteiger partial charge on any atom is -0.481 e. The van der Waals surface area contributed by atoms with Gasteiger partial charge in [0.1, 0.15) is 0 Å². The van der Waals surface area contributed by atoms with Gasteiger partial charge in [-0.1, -0.05) is 36.5 Å². The fourth-order valence-electron chi connectivity index (χ4n) is 0.344. The van der Waals surface area contributed by atoms with Gasteiger partial charge in [0.05, 0.1) is 10.8 Å². The molecule has 0 aliphatic carbocycles. The summed E-state index contributed by atoms with van der Waals surface area (Å²) in [6.45, 7) is 6.83. The first-order valence-electron chi connectivity index (χ1n) is 2.92. The van der Waals surface area contributed by atoms with Crippen molar-refractivity contribution >= 4 is 34.4 Å². The van der Waals surface area contributed by atoms with Gasteiger partial charge in [-0.2, -0.15) is 0 Å². The third-order valence-electron chi connectivity index (χ3n) is 0.942. The predicted octanol–water partition coefficient (Wildman–Crippen LogP) is 2.09. The van der Waals surface area contributed by atoms with E-state index in [1.54, 1.807) is 0 Å². The Balaban J connectivity index is 3.97. The summed E-state index contributed by atoms with van der Waals surface area (Å²) in [7, 11) is 0. The molecular weight excluding hydrogens is 198 g/mol. The van der Waals surface area contributed by atoms with Gasteiger partial charge in [-0.15, -0.1) is 0 Å². The SMILES string of the molecule is C=C(Cl)C(=C)C(=N)SCC(=O)O. The number of allylic oxidation sites excluding steroid dienone is 1. The molecule has 0 saturated heterocycles. The molecule has 0 aromatic carbocycles. The largest absolute Gasteiger partial charge is 0.481 e. The van der Waals surface area contributed by atoms with E-state index in [1.807, 2.05) is 0 Å². The van der Waals surface area contributed by atoms with E-state index in [9.17, 15) is 4.79 Å². The van der Waals surface area contributed by atoms with Crippen molar-refractivity contribution in [2.45, 2.75) is 0 Å². The Morgan fingerprint density at radius 1 is 1.58 bits per heavy atom. The van der Waals surface area contributed by atoms with Gasteiger partial charge in [-0.3, -0.25) is 10.2 Å². The molecule has 0 aliphatic heterocycles. The van der Waals surface area contributed by atoms with Crippen LogP contribution in [-0.4, -0.2) is 21.9 Å². The summed E-state index contributed by atoms with van der Waals surface area (Å²) in [4.78, 5) is 10.1. The summed E-state index contributed by atoms with van der Waals surface area (Å²) in [5, 5.41) is 15.8. The highest BCUT2D eigenvalue weighted by molar-refractivity contribution is 8.14. The second-order valence-electron chi connectivity index (χ2n) is 1.89. The molecule has 0 spiro atoms. The summed E-state index contributed by atoms with van der Waals surface area (Å²) in [5.41, 5.74) is 0.267. The summed E-state index contributed by atoms with van der Waals surface area (Å²) in [5.74, 6) is -1.14. The molecule has 0 atom stereocenters. The number of hydrogen-bond donors (Lipinski definition) is 2. The molecule has 0 bridgehead atoms. The predicted molar refractivity (Wildman–Crippen MR) is 52.0 cm³/mol. The number of carboxylic acid groups (broad SMARTS) is 1. The van der Waals surface area contributed by atoms with Gasteiger partial charge in [-0.05, 0) is 0 Å². The average molecular weight is 206 g/mol. The van der Waals surface area contributed by atoms with E-state index in [0.29, 0.717) is 0 Å². The third-order valence-corrected chi connectivity index (χ3v) is 2.10. The number of carbonyl (C=O) groups is 1. The molecule has 66 valence electrons. The number of halogens is 1. The maximum absolute atomic E-state index is 10.1. The van der Waals surface area contributed by atoms with Crippen LogP contribution in [0.2, 0.25) is 0 Å². The zero-order valence-electron chi connectivity index (χ0n) is 6.26. The first kappa shape index (κ1) is 11.3. The van der Waals surface area contributed by atoms with Gasteiger partial charge in [0.2, 0.25) is 0 Å². The standard InChI is InChI=1S/C7H8ClNO2S/c1-4(5(2)8)7(9)12-3-6(10)11/h9H,1-3H2,(H,10,11). The number of rotatable bonds is 4. The normalized spacial score (nSPS) is 9.08. The molecule has 0 aromatic heterocycles. The first-order valence-corrected chi connectivity index (χ1v) is 4.28. The van der Waals surface area contributed by atoms with E-state index in [-0.39, 0.29) is 21.4 Å². The molecule has 0 aliphatic rings. The van der Waals surface area contributed by atoms with E-state index in [0.717, 1.165) is 11.8 Å². The van der Waals surface area contributed by atoms with Crippen LogP contribution in [-0.2, 0) is 4.79 Å². The van der Waals surface area contributed by atoms with Crippen molar-refractivity contribution in [2.24, 2.45) is 0 Å². The molecule has 3 nitrogen and oxygen atoms in total. The Kier molecular flexibility index (Phi) is 4.70. The fraction of sp³-hybridized carbons (Fsp3) is 0.143. The number of thioether (sulfide) groups is 1. The molecular formula is C7H8ClNO2S. The van der Waals surface area contributed by atoms with E-state index < -0.39 is 5.97 Å². The topological polar surface area (TPSA) is 61.2 Å². The Morgan fingerprint density at radius 3 is 2.42 bits per heavy atom. The van der Waals surface area contributed by atoms with Crippen molar-refractivity contribution in [3.05, 3.63) is 23.8 Å². The highest BCUT2D eigenvalue weighted by Gasteiger charge is 2.07. The van der Waals surface area contributed by atoms with Crippen molar-refractivity contribution in [3.8, 4) is 0 Å². The number of carboxylic acids is 1. The molecule has 0 rings (SSSR count). The van der Waals surface area contributed by atoms with Gasteiger partial charge in [0, 0.05) is 10.6 Å². The number of hydrogen-bond acceptors (Lipinski definition) is 3. The highest BCUT2D eigenvalue weighted by atomic mass is 35.5. The van der Waals surface area contributed by atoms with Gasteiger partial charge in [0.15, 0.2) is 0 Å². The molecule has 0 unspecified atom stereocenters.